The largest absolute Gasteiger partial charge is 0.472 e. The van der Waals surface area contributed by atoms with Gasteiger partial charge >= 0.3 is 39.5 Å². The maximum absolute atomic E-state index is 13.0. The van der Waals surface area contributed by atoms with Crippen LogP contribution >= 0.6 is 15.6 Å². The molecule has 498 valence electrons. The number of ether oxygens (including phenoxy) is 4. The highest BCUT2D eigenvalue weighted by Crippen LogP contribution is 2.45. The van der Waals surface area contributed by atoms with Gasteiger partial charge in [-0.05, 0) is 37.5 Å². The summed E-state index contributed by atoms with van der Waals surface area (Å²) in [5, 5.41) is 10.5. The summed E-state index contributed by atoms with van der Waals surface area (Å²) in [7, 11) is -9.89. The van der Waals surface area contributed by atoms with Crippen molar-refractivity contribution in [2.75, 3.05) is 39.6 Å². The van der Waals surface area contributed by atoms with Crippen molar-refractivity contribution in [1.29, 1.82) is 0 Å². The number of esters is 4. The molecule has 0 saturated carbocycles. The van der Waals surface area contributed by atoms with Crippen molar-refractivity contribution in [3.8, 4) is 0 Å². The van der Waals surface area contributed by atoms with E-state index in [2.05, 4.69) is 41.5 Å². The number of unbranched alkanes of at least 4 members (excludes halogenated alkanes) is 32. The van der Waals surface area contributed by atoms with Gasteiger partial charge < -0.3 is 33.8 Å². The number of phosphoric ester groups is 2. The van der Waals surface area contributed by atoms with Crippen LogP contribution in [-0.4, -0.2) is 96.7 Å². The highest BCUT2D eigenvalue weighted by molar-refractivity contribution is 7.47. The van der Waals surface area contributed by atoms with E-state index in [1.54, 1.807) is 0 Å². The predicted octanol–water partition coefficient (Wildman–Crippen LogP) is 18.0. The number of carbonyl (C=O) groups excluding carboxylic acids is 4. The molecule has 0 aromatic carbocycles. The van der Waals surface area contributed by atoms with Crippen molar-refractivity contribution < 1.29 is 80.2 Å². The van der Waals surface area contributed by atoms with Crippen LogP contribution in [0.2, 0.25) is 0 Å². The van der Waals surface area contributed by atoms with Crippen LogP contribution in [-0.2, 0) is 65.4 Å². The SMILES string of the molecule is CCCCCCCCCCCCCCC(=O)OC[C@H](COP(=O)(O)OC[C@@H](O)COP(=O)(O)OC[C@@H](COC(=O)CCCCCCCCCCCC)OC(=O)CCCCCCCCC(C)CC)OC(=O)CCCCCCCCCCC(C)CC. The number of aliphatic hydroxyl groups excluding tert-OH is 1. The maximum Gasteiger partial charge on any atom is 0.472 e. The van der Waals surface area contributed by atoms with Crippen LogP contribution in [0.1, 0.15) is 324 Å². The van der Waals surface area contributed by atoms with Crippen LogP contribution in [0.25, 0.3) is 0 Å². The van der Waals surface area contributed by atoms with Crippen molar-refractivity contribution in [3.05, 3.63) is 0 Å². The maximum atomic E-state index is 13.0. The zero-order valence-corrected chi connectivity index (χ0v) is 56.0. The quantitative estimate of drug-likeness (QED) is 0.0222. The van der Waals surface area contributed by atoms with Gasteiger partial charge in [-0.25, -0.2) is 9.13 Å². The Morgan fingerprint density at radius 3 is 0.845 bits per heavy atom. The Balaban J connectivity index is 5.26. The molecule has 84 heavy (non-hydrogen) atoms. The zero-order valence-electron chi connectivity index (χ0n) is 54.2. The molecule has 7 atom stereocenters. The molecule has 4 unspecified atom stereocenters. The highest BCUT2D eigenvalue weighted by Gasteiger charge is 2.30. The number of hydrogen-bond donors (Lipinski definition) is 3. The predicted molar refractivity (Wildman–Crippen MR) is 335 cm³/mol. The molecule has 0 aliphatic rings. The summed E-state index contributed by atoms with van der Waals surface area (Å²) in [6, 6.07) is 0. The number of hydrogen-bond acceptors (Lipinski definition) is 15. The average Bonchev–Trinajstić information content (AvgIpc) is 3.56. The van der Waals surface area contributed by atoms with Gasteiger partial charge in [0.05, 0.1) is 26.4 Å². The molecule has 0 aliphatic carbocycles. The molecular weight excluding hydrogens is 1110 g/mol. The molecule has 0 aromatic heterocycles. The van der Waals surface area contributed by atoms with E-state index in [1.807, 2.05) is 0 Å². The monoisotopic (exact) mass is 1240 g/mol. The Kier molecular flexibility index (Phi) is 56.2. The second kappa shape index (κ2) is 57.5. The standard InChI is InChI=1S/C65H126O17P2/c1-7-11-13-15-17-19-21-22-24-29-36-42-48-63(68)75-53-60(81-64(69)49-43-37-30-26-25-27-33-39-45-57(5)9-3)55-79-83(71,72)77-51-59(66)52-78-84(73,74)80-56-61(82-65(70)50-44-38-32-31-34-40-46-58(6)10-4)54-76-62(67)47-41-35-28-23-20-18-16-14-12-8-2/h57-61,66H,7-56H2,1-6H3,(H,71,72)(H,73,74)/t57?,58?,59-,60-,61-/m1/s1. The van der Waals surface area contributed by atoms with Crippen molar-refractivity contribution in [2.45, 2.75) is 342 Å². The second-order valence-corrected chi connectivity index (χ2v) is 26.9. The van der Waals surface area contributed by atoms with Crippen molar-refractivity contribution in [1.82, 2.24) is 0 Å². The molecule has 0 bridgehead atoms. The highest BCUT2D eigenvalue weighted by atomic mass is 31.2. The Hall–Kier alpha value is -1.94. The lowest BCUT2D eigenvalue weighted by Crippen LogP contribution is -2.30. The van der Waals surface area contributed by atoms with Crippen LogP contribution in [0.3, 0.4) is 0 Å². The molecule has 0 rings (SSSR count). The van der Waals surface area contributed by atoms with Crippen LogP contribution in [0.5, 0.6) is 0 Å². The molecular formula is C65H126O17P2. The van der Waals surface area contributed by atoms with Crippen LogP contribution in [0.15, 0.2) is 0 Å². The summed E-state index contributed by atoms with van der Waals surface area (Å²) in [4.78, 5) is 72.3. The Bertz CT molecular complexity index is 1650. The molecule has 0 aliphatic heterocycles. The van der Waals surface area contributed by atoms with Gasteiger partial charge in [0.2, 0.25) is 0 Å². The van der Waals surface area contributed by atoms with E-state index in [0.29, 0.717) is 25.7 Å². The van der Waals surface area contributed by atoms with Gasteiger partial charge in [0.25, 0.3) is 0 Å². The van der Waals surface area contributed by atoms with Crippen molar-refractivity contribution in [2.24, 2.45) is 11.8 Å². The summed E-state index contributed by atoms with van der Waals surface area (Å²) >= 11 is 0. The number of aliphatic hydroxyl groups is 1. The molecule has 0 aromatic rings. The van der Waals surface area contributed by atoms with Gasteiger partial charge in [-0.15, -0.1) is 0 Å². The Morgan fingerprint density at radius 1 is 0.333 bits per heavy atom. The van der Waals surface area contributed by atoms with Gasteiger partial charge in [0.15, 0.2) is 12.2 Å². The lowest BCUT2D eigenvalue weighted by molar-refractivity contribution is -0.161. The molecule has 0 fully saturated rings. The third-order valence-electron chi connectivity index (χ3n) is 15.7. The fraction of sp³-hybridized carbons (Fsp3) is 0.938. The minimum Gasteiger partial charge on any atom is -0.462 e. The summed E-state index contributed by atoms with van der Waals surface area (Å²) in [5.74, 6) is -0.645. The van der Waals surface area contributed by atoms with Gasteiger partial charge in [-0.1, -0.05) is 273 Å². The third kappa shape index (κ3) is 56.6. The van der Waals surface area contributed by atoms with Crippen LogP contribution < -0.4 is 0 Å². The average molecular weight is 1240 g/mol. The van der Waals surface area contributed by atoms with E-state index in [4.69, 9.17) is 37.0 Å². The number of phosphoric acid groups is 2. The Morgan fingerprint density at radius 2 is 0.571 bits per heavy atom. The van der Waals surface area contributed by atoms with E-state index >= 15 is 0 Å². The lowest BCUT2D eigenvalue weighted by atomic mass is 9.99. The first kappa shape index (κ1) is 82.1. The summed E-state index contributed by atoms with van der Waals surface area (Å²) in [6.45, 7) is 9.45. The van der Waals surface area contributed by atoms with Gasteiger partial charge in [0.1, 0.15) is 19.3 Å². The zero-order chi connectivity index (χ0) is 62.2. The molecule has 17 nitrogen and oxygen atoms in total. The van der Waals surface area contributed by atoms with E-state index in [9.17, 15) is 43.2 Å². The van der Waals surface area contributed by atoms with E-state index < -0.39 is 97.5 Å². The molecule has 0 saturated heterocycles. The van der Waals surface area contributed by atoms with E-state index in [1.165, 1.54) is 141 Å². The van der Waals surface area contributed by atoms with Crippen LogP contribution in [0.4, 0.5) is 0 Å². The third-order valence-corrected chi connectivity index (χ3v) is 17.6. The summed E-state index contributed by atoms with van der Waals surface area (Å²) < 4.78 is 68.0. The molecule has 0 radical (unpaired) electrons. The molecule has 0 amide bonds. The first-order chi connectivity index (χ1) is 40.4. The van der Waals surface area contributed by atoms with Gasteiger partial charge in [-0.3, -0.25) is 37.3 Å². The van der Waals surface area contributed by atoms with E-state index in [-0.39, 0.29) is 25.7 Å². The fourth-order valence-electron chi connectivity index (χ4n) is 9.64. The van der Waals surface area contributed by atoms with Gasteiger partial charge in [-0.2, -0.15) is 0 Å². The lowest BCUT2D eigenvalue weighted by Gasteiger charge is -2.21. The number of rotatable bonds is 64. The molecule has 0 heterocycles. The normalized spacial score (nSPS) is 14.9. The number of carbonyl (C=O) groups is 4. The molecule has 3 N–H and O–H groups in total. The fourth-order valence-corrected chi connectivity index (χ4v) is 11.2. The van der Waals surface area contributed by atoms with E-state index in [0.717, 1.165) is 102 Å². The summed E-state index contributed by atoms with van der Waals surface area (Å²) in [5.41, 5.74) is 0. The van der Waals surface area contributed by atoms with Crippen LogP contribution in [0, 0.1) is 11.8 Å². The minimum atomic E-state index is -4.95. The Labute approximate surface area is 511 Å². The van der Waals surface area contributed by atoms with Crippen molar-refractivity contribution in [3.63, 3.8) is 0 Å². The minimum absolute atomic E-state index is 0.103. The first-order valence-corrected chi connectivity index (χ1v) is 37.1. The van der Waals surface area contributed by atoms with Gasteiger partial charge in [0, 0.05) is 25.7 Å². The topological polar surface area (TPSA) is 237 Å². The summed E-state index contributed by atoms with van der Waals surface area (Å²) in [6.07, 6.45) is 40.2. The van der Waals surface area contributed by atoms with Crippen molar-refractivity contribution >= 4 is 39.5 Å². The second-order valence-electron chi connectivity index (χ2n) is 24.0. The molecule has 0 spiro atoms. The smallest absolute Gasteiger partial charge is 0.462 e. The first-order valence-electron chi connectivity index (χ1n) is 34.1. The molecule has 19 heteroatoms.